The summed E-state index contributed by atoms with van der Waals surface area (Å²) in [4.78, 5) is 26.1. The maximum atomic E-state index is 12.6. The van der Waals surface area contributed by atoms with Crippen molar-refractivity contribution in [3.8, 4) is 0 Å². The van der Waals surface area contributed by atoms with Crippen LogP contribution in [0, 0.1) is 0 Å². The van der Waals surface area contributed by atoms with E-state index in [0.29, 0.717) is 23.4 Å². The van der Waals surface area contributed by atoms with Crippen molar-refractivity contribution in [3.05, 3.63) is 63.8 Å². The van der Waals surface area contributed by atoms with Crippen LogP contribution < -0.4 is 0 Å². The molecule has 0 aliphatic carbocycles. The molecule has 0 atom stereocenters. The molecule has 114 valence electrons. The fourth-order valence-electron chi connectivity index (χ4n) is 2.30. The zero-order chi connectivity index (χ0) is 16.3. The van der Waals surface area contributed by atoms with Crippen molar-refractivity contribution >= 4 is 33.9 Å². The minimum atomic E-state index is -0.513. The van der Waals surface area contributed by atoms with Crippen LogP contribution >= 0.6 is 15.9 Å². The van der Waals surface area contributed by atoms with E-state index in [1.165, 1.54) is 12.0 Å². The summed E-state index contributed by atoms with van der Waals surface area (Å²) >= 11 is 3.37. The molecule has 2 rings (SSSR count). The van der Waals surface area contributed by atoms with Crippen molar-refractivity contribution in [2.75, 3.05) is 13.7 Å². The highest BCUT2D eigenvalue weighted by atomic mass is 79.9. The van der Waals surface area contributed by atoms with Gasteiger partial charge in [-0.1, -0.05) is 34.1 Å². The summed E-state index contributed by atoms with van der Waals surface area (Å²) in [5.74, 6) is -0.735. The Morgan fingerprint density at radius 1 is 1.36 bits per heavy atom. The van der Waals surface area contributed by atoms with Crippen molar-refractivity contribution in [3.63, 3.8) is 0 Å². The number of hydrogen-bond acceptors (Lipinski definition) is 3. The molecule has 4 nitrogen and oxygen atoms in total. The Labute approximate surface area is 137 Å². The van der Waals surface area contributed by atoms with Gasteiger partial charge in [-0.2, -0.15) is 0 Å². The first-order valence-electron chi connectivity index (χ1n) is 6.69. The summed E-state index contributed by atoms with van der Waals surface area (Å²) in [7, 11) is 1.31. The zero-order valence-corrected chi connectivity index (χ0v) is 14.0. The van der Waals surface area contributed by atoms with Gasteiger partial charge in [0.1, 0.15) is 0 Å². The Kier molecular flexibility index (Phi) is 4.98. The fourth-order valence-corrected chi connectivity index (χ4v) is 2.57. The number of methoxy groups -OCH3 is 1. The highest BCUT2D eigenvalue weighted by Gasteiger charge is 2.36. The van der Waals surface area contributed by atoms with Crippen LogP contribution in [-0.4, -0.2) is 30.4 Å². The third kappa shape index (κ3) is 3.04. The summed E-state index contributed by atoms with van der Waals surface area (Å²) in [5, 5.41) is 0. The molecular formula is C17H16BrNO3. The van der Waals surface area contributed by atoms with Gasteiger partial charge in [0.15, 0.2) is 0 Å². The molecule has 0 radical (unpaired) electrons. The Morgan fingerprint density at radius 3 is 2.55 bits per heavy atom. The highest BCUT2D eigenvalue weighted by molar-refractivity contribution is 9.10. The summed E-state index contributed by atoms with van der Waals surface area (Å²) in [6.45, 7) is 5.73. The average Bonchev–Trinajstić information content (AvgIpc) is 2.74. The van der Waals surface area contributed by atoms with E-state index in [0.717, 1.165) is 10.0 Å². The largest absolute Gasteiger partial charge is 0.465 e. The third-order valence-corrected chi connectivity index (χ3v) is 3.92. The van der Waals surface area contributed by atoms with Gasteiger partial charge in [0.05, 0.1) is 18.3 Å². The van der Waals surface area contributed by atoms with Gasteiger partial charge in [-0.15, -0.1) is 6.58 Å². The molecular weight excluding hydrogens is 346 g/mol. The molecule has 5 heteroatoms. The number of halogens is 1. The predicted octanol–water partition coefficient (Wildman–Crippen LogP) is 3.31. The van der Waals surface area contributed by atoms with Crippen molar-refractivity contribution in [1.82, 2.24) is 4.90 Å². The number of esters is 1. The van der Waals surface area contributed by atoms with Crippen molar-refractivity contribution in [1.29, 1.82) is 0 Å². The number of rotatable bonds is 4. The molecule has 0 saturated heterocycles. The van der Waals surface area contributed by atoms with Crippen LogP contribution in [0.25, 0.3) is 6.08 Å². The summed E-state index contributed by atoms with van der Waals surface area (Å²) < 4.78 is 5.76. The molecule has 0 fully saturated rings. The normalized spacial score (nSPS) is 16.4. The number of allylic oxidation sites excluding steroid dienone is 1. The molecule has 0 saturated carbocycles. The maximum absolute atomic E-state index is 12.6. The van der Waals surface area contributed by atoms with E-state index in [1.807, 2.05) is 24.3 Å². The first-order chi connectivity index (χ1) is 10.5. The van der Waals surface area contributed by atoms with Crippen molar-refractivity contribution in [2.45, 2.75) is 6.92 Å². The molecule has 0 bridgehead atoms. The summed E-state index contributed by atoms with van der Waals surface area (Å²) in [6.07, 6.45) is 3.33. The van der Waals surface area contributed by atoms with Crippen LogP contribution in [0.5, 0.6) is 0 Å². The summed E-state index contributed by atoms with van der Waals surface area (Å²) in [5.41, 5.74) is 2.06. The van der Waals surface area contributed by atoms with E-state index in [9.17, 15) is 9.59 Å². The van der Waals surface area contributed by atoms with Gasteiger partial charge in [0.25, 0.3) is 5.91 Å². The lowest BCUT2D eigenvalue weighted by atomic mass is 10.0. The van der Waals surface area contributed by atoms with Crippen molar-refractivity contribution < 1.29 is 14.3 Å². The topological polar surface area (TPSA) is 46.6 Å². The van der Waals surface area contributed by atoms with Gasteiger partial charge < -0.3 is 9.64 Å². The second-order valence-electron chi connectivity index (χ2n) is 4.77. The monoisotopic (exact) mass is 361 g/mol. The Bertz CT molecular complexity index is 686. The van der Waals surface area contributed by atoms with Gasteiger partial charge in [-0.05, 0) is 30.7 Å². The molecule has 0 aromatic heterocycles. The minimum absolute atomic E-state index is 0.222. The second-order valence-corrected chi connectivity index (χ2v) is 5.68. The van der Waals surface area contributed by atoms with Gasteiger partial charge in [-0.25, -0.2) is 4.79 Å². The quantitative estimate of drug-likeness (QED) is 0.469. The van der Waals surface area contributed by atoms with Crippen LogP contribution in [0.4, 0.5) is 0 Å². The number of ether oxygens (including phenoxy) is 1. The Hall–Kier alpha value is -2.14. The second kappa shape index (κ2) is 6.75. The standard InChI is InChI=1S/C17H16BrNO3/c1-4-9-19-11(2)15(17(21)22-3)14(16(19)20)10-12-5-7-13(18)8-6-12/h4-8,10H,1,9H2,2-3H3. The first kappa shape index (κ1) is 16.2. The maximum Gasteiger partial charge on any atom is 0.340 e. The third-order valence-electron chi connectivity index (χ3n) is 3.39. The first-order valence-corrected chi connectivity index (χ1v) is 7.48. The van der Waals surface area contributed by atoms with E-state index in [-0.39, 0.29) is 5.91 Å². The molecule has 1 aliphatic rings. The average molecular weight is 362 g/mol. The number of amides is 1. The van der Waals surface area contributed by atoms with Gasteiger partial charge in [0, 0.05) is 16.7 Å². The molecule has 1 aromatic rings. The molecule has 1 amide bonds. The van der Waals surface area contributed by atoms with Crippen LogP contribution in [-0.2, 0) is 14.3 Å². The van der Waals surface area contributed by atoms with E-state index < -0.39 is 5.97 Å². The number of carbonyl (C=O) groups excluding carboxylic acids is 2. The number of carbonyl (C=O) groups is 2. The van der Waals surface area contributed by atoms with E-state index in [2.05, 4.69) is 22.5 Å². The van der Waals surface area contributed by atoms with Crippen LogP contribution in [0.1, 0.15) is 12.5 Å². The molecule has 0 unspecified atom stereocenters. The zero-order valence-electron chi connectivity index (χ0n) is 12.4. The Balaban J connectivity index is 2.52. The van der Waals surface area contributed by atoms with Gasteiger partial charge >= 0.3 is 5.97 Å². The van der Waals surface area contributed by atoms with Crippen molar-refractivity contribution in [2.24, 2.45) is 0 Å². The van der Waals surface area contributed by atoms with E-state index in [1.54, 1.807) is 19.1 Å². The van der Waals surface area contributed by atoms with E-state index in [4.69, 9.17) is 4.74 Å². The lowest BCUT2D eigenvalue weighted by Gasteiger charge is -2.14. The lowest BCUT2D eigenvalue weighted by molar-refractivity contribution is -0.136. The lowest BCUT2D eigenvalue weighted by Crippen LogP contribution is -2.24. The van der Waals surface area contributed by atoms with E-state index >= 15 is 0 Å². The predicted molar refractivity (Wildman–Crippen MR) is 88.7 cm³/mol. The van der Waals surface area contributed by atoms with Crippen LogP contribution in [0.2, 0.25) is 0 Å². The number of nitrogens with zero attached hydrogens (tertiary/aromatic N) is 1. The number of hydrogen-bond donors (Lipinski definition) is 0. The minimum Gasteiger partial charge on any atom is -0.465 e. The molecule has 1 heterocycles. The smallest absolute Gasteiger partial charge is 0.340 e. The SMILES string of the molecule is C=CCN1C(=O)C(=Cc2ccc(Br)cc2)C(C(=O)OC)=C1C. The fraction of sp³-hybridized carbons (Fsp3) is 0.176. The molecule has 0 N–H and O–H groups in total. The molecule has 1 aliphatic heterocycles. The molecule has 0 spiro atoms. The molecule has 1 aromatic carbocycles. The number of benzene rings is 1. The highest BCUT2D eigenvalue weighted by Crippen LogP contribution is 2.31. The van der Waals surface area contributed by atoms with Crippen LogP contribution in [0.15, 0.2) is 58.2 Å². The van der Waals surface area contributed by atoms with Gasteiger partial charge in [-0.3, -0.25) is 4.79 Å². The van der Waals surface area contributed by atoms with Gasteiger partial charge in [0.2, 0.25) is 0 Å². The summed E-state index contributed by atoms with van der Waals surface area (Å²) in [6, 6.07) is 7.49. The Morgan fingerprint density at radius 2 is 2.00 bits per heavy atom. The van der Waals surface area contributed by atoms with Crippen LogP contribution in [0.3, 0.4) is 0 Å². The molecule has 22 heavy (non-hydrogen) atoms.